The molecule has 0 saturated heterocycles. The van der Waals surface area contributed by atoms with E-state index >= 15 is 0 Å². The summed E-state index contributed by atoms with van der Waals surface area (Å²) in [6.45, 7) is 2.92. The Bertz CT molecular complexity index is 986. The van der Waals surface area contributed by atoms with Gasteiger partial charge in [0.15, 0.2) is 0 Å². The fraction of sp³-hybridized carbons (Fsp3) is 0.333. The first-order valence-electron chi connectivity index (χ1n) is 8.76. The minimum Gasteiger partial charge on any atom is -0.497 e. The summed E-state index contributed by atoms with van der Waals surface area (Å²) < 4.78 is 12.5. The highest BCUT2D eigenvalue weighted by Gasteiger charge is 2.42. The number of pyridine rings is 1. The van der Waals surface area contributed by atoms with Gasteiger partial charge >= 0.3 is 5.97 Å². The van der Waals surface area contributed by atoms with Crippen LogP contribution in [0, 0.1) is 0 Å². The van der Waals surface area contributed by atoms with Crippen molar-refractivity contribution in [3.8, 4) is 5.75 Å². The monoisotopic (exact) mass is 350 g/mol. The molecule has 4 rings (SSSR count). The summed E-state index contributed by atoms with van der Waals surface area (Å²) in [6.07, 6.45) is 2.38. The molecule has 26 heavy (non-hydrogen) atoms. The first-order valence-corrected chi connectivity index (χ1v) is 8.76. The number of rotatable bonds is 5. The molecule has 0 aliphatic heterocycles. The lowest BCUT2D eigenvalue weighted by Crippen LogP contribution is -2.13. The third-order valence-corrected chi connectivity index (χ3v) is 5.25. The number of carbonyl (C=O) groups is 1. The average Bonchev–Trinajstić information content (AvgIpc) is 3.32. The maximum atomic E-state index is 11.8. The van der Waals surface area contributed by atoms with Crippen LogP contribution in [0.15, 0.2) is 42.5 Å². The molecule has 0 spiro atoms. The summed E-state index contributed by atoms with van der Waals surface area (Å²) in [5.41, 5.74) is 3.85. The Morgan fingerprint density at radius 2 is 2.00 bits per heavy atom. The maximum absolute atomic E-state index is 11.8. The fourth-order valence-electron chi connectivity index (χ4n) is 3.44. The number of fused-ring (bicyclic) bond motifs is 1. The molecule has 1 aromatic carbocycles. The zero-order valence-electron chi connectivity index (χ0n) is 15.3. The van der Waals surface area contributed by atoms with Crippen LogP contribution in [0.1, 0.15) is 41.6 Å². The number of hydrogen-bond donors (Lipinski definition) is 0. The molecule has 5 heteroatoms. The lowest BCUT2D eigenvalue weighted by molar-refractivity contribution is 0.0593. The van der Waals surface area contributed by atoms with Crippen LogP contribution in [0.5, 0.6) is 5.75 Å². The summed E-state index contributed by atoms with van der Waals surface area (Å²) in [6, 6.07) is 13.9. The standard InChI is InChI=1S/C21H22N2O3/c1-21(9-10-21)19-12-14-11-16(25-2)7-8-18(14)23(19)13-15-5-4-6-17(22-15)20(24)26-3/h4-8,11-12H,9-10,13H2,1-3H3. The van der Waals surface area contributed by atoms with Gasteiger partial charge in [-0.05, 0) is 49.2 Å². The van der Waals surface area contributed by atoms with Gasteiger partial charge in [0.25, 0.3) is 0 Å². The Kier molecular flexibility index (Phi) is 3.94. The molecule has 0 bridgehead atoms. The van der Waals surface area contributed by atoms with E-state index in [9.17, 15) is 4.79 Å². The van der Waals surface area contributed by atoms with E-state index in [4.69, 9.17) is 9.47 Å². The molecular formula is C21H22N2O3. The van der Waals surface area contributed by atoms with E-state index in [-0.39, 0.29) is 5.41 Å². The van der Waals surface area contributed by atoms with Gasteiger partial charge in [0.2, 0.25) is 0 Å². The lowest BCUT2D eigenvalue weighted by Gasteiger charge is -2.15. The summed E-state index contributed by atoms with van der Waals surface area (Å²) >= 11 is 0. The van der Waals surface area contributed by atoms with Gasteiger partial charge in [-0.1, -0.05) is 13.0 Å². The molecule has 0 radical (unpaired) electrons. The van der Waals surface area contributed by atoms with Gasteiger partial charge in [0.1, 0.15) is 11.4 Å². The van der Waals surface area contributed by atoms with Crippen LogP contribution in [-0.2, 0) is 16.7 Å². The van der Waals surface area contributed by atoms with Gasteiger partial charge in [0, 0.05) is 22.0 Å². The SMILES string of the molecule is COC(=O)c1cccc(Cn2c(C3(C)CC3)cc3cc(OC)ccc32)n1. The predicted octanol–water partition coefficient (Wildman–Crippen LogP) is 3.93. The first kappa shape index (κ1) is 16.6. The van der Waals surface area contributed by atoms with Crippen LogP contribution in [0.25, 0.3) is 10.9 Å². The van der Waals surface area contributed by atoms with Crippen LogP contribution >= 0.6 is 0 Å². The number of hydrogen-bond acceptors (Lipinski definition) is 4. The Morgan fingerprint density at radius 1 is 1.19 bits per heavy atom. The van der Waals surface area contributed by atoms with E-state index in [1.165, 1.54) is 25.6 Å². The van der Waals surface area contributed by atoms with E-state index < -0.39 is 5.97 Å². The predicted molar refractivity (Wildman–Crippen MR) is 99.8 cm³/mol. The molecule has 3 aromatic rings. The van der Waals surface area contributed by atoms with Crippen molar-refractivity contribution in [2.45, 2.75) is 31.7 Å². The van der Waals surface area contributed by atoms with E-state index in [1.54, 1.807) is 13.2 Å². The van der Waals surface area contributed by atoms with Crippen molar-refractivity contribution in [1.82, 2.24) is 9.55 Å². The van der Waals surface area contributed by atoms with Gasteiger partial charge < -0.3 is 14.0 Å². The molecule has 5 nitrogen and oxygen atoms in total. The zero-order valence-corrected chi connectivity index (χ0v) is 15.3. The maximum Gasteiger partial charge on any atom is 0.356 e. The van der Waals surface area contributed by atoms with Crippen molar-refractivity contribution in [3.05, 3.63) is 59.5 Å². The number of aromatic nitrogens is 2. The highest BCUT2D eigenvalue weighted by molar-refractivity contribution is 5.87. The normalized spacial score (nSPS) is 15.0. The van der Waals surface area contributed by atoms with Crippen molar-refractivity contribution in [2.75, 3.05) is 14.2 Å². The second-order valence-corrected chi connectivity index (χ2v) is 7.11. The second-order valence-electron chi connectivity index (χ2n) is 7.11. The number of nitrogens with zero attached hydrogens (tertiary/aromatic N) is 2. The average molecular weight is 350 g/mol. The molecule has 0 unspecified atom stereocenters. The molecule has 1 saturated carbocycles. The molecule has 134 valence electrons. The summed E-state index contributed by atoms with van der Waals surface area (Å²) in [5, 5.41) is 1.16. The van der Waals surface area contributed by atoms with Crippen LogP contribution in [0.2, 0.25) is 0 Å². The zero-order chi connectivity index (χ0) is 18.3. The lowest BCUT2D eigenvalue weighted by atomic mass is 10.1. The highest BCUT2D eigenvalue weighted by atomic mass is 16.5. The number of esters is 1. The largest absolute Gasteiger partial charge is 0.497 e. The molecule has 2 aromatic heterocycles. The number of methoxy groups -OCH3 is 2. The Morgan fingerprint density at radius 3 is 2.69 bits per heavy atom. The smallest absolute Gasteiger partial charge is 0.356 e. The van der Waals surface area contributed by atoms with Crippen LogP contribution < -0.4 is 4.74 Å². The molecular weight excluding hydrogens is 328 g/mol. The van der Waals surface area contributed by atoms with Crippen LogP contribution in [0.4, 0.5) is 0 Å². The summed E-state index contributed by atoms with van der Waals surface area (Å²) in [7, 11) is 3.05. The van der Waals surface area contributed by atoms with Gasteiger partial charge in [-0.25, -0.2) is 9.78 Å². The van der Waals surface area contributed by atoms with E-state index in [1.807, 2.05) is 18.2 Å². The second kappa shape index (κ2) is 6.16. The Hall–Kier alpha value is -2.82. The van der Waals surface area contributed by atoms with Crippen LogP contribution in [0.3, 0.4) is 0 Å². The van der Waals surface area contributed by atoms with Gasteiger partial charge in [-0.3, -0.25) is 0 Å². The third-order valence-electron chi connectivity index (χ3n) is 5.25. The van der Waals surface area contributed by atoms with Crippen molar-refractivity contribution in [1.29, 1.82) is 0 Å². The van der Waals surface area contributed by atoms with Crippen LogP contribution in [-0.4, -0.2) is 29.7 Å². The van der Waals surface area contributed by atoms with E-state index in [0.29, 0.717) is 12.2 Å². The minimum absolute atomic E-state index is 0.214. The van der Waals surface area contributed by atoms with Gasteiger partial charge in [-0.15, -0.1) is 0 Å². The molecule has 1 aliphatic carbocycles. The Balaban J connectivity index is 1.79. The molecule has 0 amide bonds. The number of benzene rings is 1. The number of carbonyl (C=O) groups excluding carboxylic acids is 1. The third kappa shape index (κ3) is 2.83. The quantitative estimate of drug-likeness (QED) is 0.654. The molecule has 0 atom stereocenters. The fourth-order valence-corrected chi connectivity index (χ4v) is 3.44. The van der Waals surface area contributed by atoms with Crippen molar-refractivity contribution >= 4 is 16.9 Å². The molecule has 2 heterocycles. The molecule has 1 fully saturated rings. The highest BCUT2D eigenvalue weighted by Crippen LogP contribution is 2.49. The van der Waals surface area contributed by atoms with Crippen molar-refractivity contribution < 1.29 is 14.3 Å². The number of ether oxygens (including phenoxy) is 2. The topological polar surface area (TPSA) is 53.4 Å². The Labute approximate surface area is 152 Å². The van der Waals surface area contributed by atoms with E-state index in [2.05, 4.69) is 34.7 Å². The first-order chi connectivity index (χ1) is 12.5. The van der Waals surface area contributed by atoms with Crippen molar-refractivity contribution in [2.24, 2.45) is 0 Å². The summed E-state index contributed by atoms with van der Waals surface area (Å²) in [4.78, 5) is 16.3. The van der Waals surface area contributed by atoms with Crippen molar-refractivity contribution in [3.63, 3.8) is 0 Å². The van der Waals surface area contributed by atoms with Gasteiger partial charge in [0.05, 0.1) is 26.5 Å². The van der Waals surface area contributed by atoms with Gasteiger partial charge in [-0.2, -0.15) is 0 Å². The molecule has 0 N–H and O–H groups in total. The minimum atomic E-state index is -0.414. The summed E-state index contributed by atoms with van der Waals surface area (Å²) in [5.74, 6) is 0.441. The molecule has 1 aliphatic rings. The van der Waals surface area contributed by atoms with E-state index in [0.717, 1.165) is 22.3 Å².